The van der Waals surface area contributed by atoms with Crippen LogP contribution in [0.5, 0.6) is 11.5 Å². The van der Waals surface area contributed by atoms with E-state index in [0.29, 0.717) is 0 Å². The van der Waals surface area contributed by atoms with Crippen molar-refractivity contribution in [2.45, 2.75) is 26.2 Å². The summed E-state index contributed by atoms with van der Waals surface area (Å²) in [5.74, 6) is -0.435. The third kappa shape index (κ3) is 4.47. The molecule has 0 aliphatic rings. The molecule has 5 heteroatoms. The Bertz CT molecular complexity index is 723. The lowest BCUT2D eigenvalue weighted by atomic mass is 9.86. The molecule has 24 heavy (non-hydrogen) atoms. The standard InChI is InChI=1S/C19H22FNO3/c1-19(2,3)14-7-5-6-8-16(14)21-18(22)12-24-13-9-10-17(23-4)15(20)11-13/h5-11H,12H2,1-4H3,(H,21,22). The summed E-state index contributed by atoms with van der Waals surface area (Å²) in [5, 5.41) is 2.84. The highest BCUT2D eigenvalue weighted by Gasteiger charge is 2.18. The number of benzene rings is 2. The van der Waals surface area contributed by atoms with Crippen molar-refractivity contribution in [2.24, 2.45) is 0 Å². The maximum atomic E-state index is 13.6. The second-order valence-corrected chi connectivity index (χ2v) is 6.43. The van der Waals surface area contributed by atoms with E-state index in [1.165, 1.54) is 19.2 Å². The molecule has 1 N–H and O–H groups in total. The van der Waals surface area contributed by atoms with Gasteiger partial charge in [0.1, 0.15) is 5.75 Å². The van der Waals surface area contributed by atoms with Gasteiger partial charge in [-0.15, -0.1) is 0 Å². The third-order valence-electron chi connectivity index (χ3n) is 3.50. The molecule has 0 saturated carbocycles. The molecular formula is C19H22FNO3. The zero-order chi connectivity index (χ0) is 17.7. The maximum absolute atomic E-state index is 13.6. The van der Waals surface area contributed by atoms with Crippen LogP contribution in [0.15, 0.2) is 42.5 Å². The van der Waals surface area contributed by atoms with Crippen molar-refractivity contribution in [3.63, 3.8) is 0 Å². The number of rotatable bonds is 5. The topological polar surface area (TPSA) is 47.6 Å². The molecule has 2 aromatic carbocycles. The molecule has 0 unspecified atom stereocenters. The zero-order valence-electron chi connectivity index (χ0n) is 14.4. The Morgan fingerprint density at radius 1 is 1.17 bits per heavy atom. The van der Waals surface area contributed by atoms with Gasteiger partial charge in [0.25, 0.3) is 5.91 Å². The fourth-order valence-corrected chi connectivity index (χ4v) is 2.32. The van der Waals surface area contributed by atoms with Crippen LogP contribution in [-0.2, 0) is 10.2 Å². The van der Waals surface area contributed by atoms with E-state index in [2.05, 4.69) is 26.1 Å². The minimum Gasteiger partial charge on any atom is -0.494 e. The van der Waals surface area contributed by atoms with Crippen LogP contribution in [0.3, 0.4) is 0 Å². The van der Waals surface area contributed by atoms with Gasteiger partial charge in [0.15, 0.2) is 18.2 Å². The number of anilines is 1. The van der Waals surface area contributed by atoms with Crippen LogP contribution in [0.2, 0.25) is 0 Å². The van der Waals surface area contributed by atoms with E-state index in [1.807, 2.05) is 24.3 Å². The Morgan fingerprint density at radius 2 is 1.88 bits per heavy atom. The number of carbonyl (C=O) groups excluding carboxylic acids is 1. The number of halogens is 1. The minimum atomic E-state index is -0.534. The second-order valence-electron chi connectivity index (χ2n) is 6.43. The van der Waals surface area contributed by atoms with Gasteiger partial charge in [-0.05, 0) is 29.2 Å². The molecule has 1 amide bonds. The van der Waals surface area contributed by atoms with Crippen molar-refractivity contribution in [2.75, 3.05) is 19.0 Å². The average Bonchev–Trinajstić information content (AvgIpc) is 2.52. The molecule has 0 bridgehead atoms. The van der Waals surface area contributed by atoms with Gasteiger partial charge in [-0.25, -0.2) is 4.39 Å². The molecule has 2 rings (SSSR count). The van der Waals surface area contributed by atoms with Crippen LogP contribution in [0.1, 0.15) is 26.3 Å². The quantitative estimate of drug-likeness (QED) is 0.895. The Kier molecular flexibility index (Phi) is 5.44. The Labute approximate surface area is 141 Å². The fraction of sp³-hybridized carbons (Fsp3) is 0.316. The van der Waals surface area contributed by atoms with E-state index in [0.717, 1.165) is 11.3 Å². The van der Waals surface area contributed by atoms with E-state index in [9.17, 15) is 9.18 Å². The molecule has 0 heterocycles. The third-order valence-corrected chi connectivity index (χ3v) is 3.50. The molecule has 0 fully saturated rings. The first-order chi connectivity index (χ1) is 11.3. The summed E-state index contributed by atoms with van der Waals surface area (Å²) in [4.78, 5) is 12.1. The van der Waals surface area contributed by atoms with E-state index < -0.39 is 5.82 Å². The Hall–Kier alpha value is -2.56. The summed E-state index contributed by atoms with van der Waals surface area (Å²) in [5.41, 5.74) is 1.69. The molecule has 128 valence electrons. The average molecular weight is 331 g/mol. The van der Waals surface area contributed by atoms with Gasteiger partial charge in [-0.2, -0.15) is 0 Å². The number of para-hydroxylation sites is 1. The monoisotopic (exact) mass is 331 g/mol. The first kappa shape index (κ1) is 17.8. The van der Waals surface area contributed by atoms with Crippen LogP contribution in [-0.4, -0.2) is 19.6 Å². The number of carbonyl (C=O) groups is 1. The van der Waals surface area contributed by atoms with Crippen molar-refractivity contribution in [3.8, 4) is 11.5 Å². The van der Waals surface area contributed by atoms with Crippen molar-refractivity contribution in [1.82, 2.24) is 0 Å². The van der Waals surface area contributed by atoms with Gasteiger partial charge in [-0.1, -0.05) is 39.0 Å². The van der Waals surface area contributed by atoms with Crippen molar-refractivity contribution >= 4 is 11.6 Å². The maximum Gasteiger partial charge on any atom is 0.262 e. The molecule has 0 radical (unpaired) electrons. The summed E-state index contributed by atoms with van der Waals surface area (Å²) in [6.07, 6.45) is 0. The molecule has 4 nitrogen and oxygen atoms in total. The van der Waals surface area contributed by atoms with Crippen molar-refractivity contribution in [3.05, 3.63) is 53.8 Å². The van der Waals surface area contributed by atoms with Crippen LogP contribution in [0.25, 0.3) is 0 Å². The molecule has 0 atom stereocenters. The summed E-state index contributed by atoms with van der Waals surface area (Å²) < 4.78 is 23.8. The first-order valence-corrected chi connectivity index (χ1v) is 7.67. The molecule has 0 aliphatic carbocycles. The summed E-state index contributed by atoms with van der Waals surface area (Å²) in [7, 11) is 1.39. The summed E-state index contributed by atoms with van der Waals surface area (Å²) in [6, 6.07) is 11.8. The van der Waals surface area contributed by atoms with Crippen LogP contribution < -0.4 is 14.8 Å². The highest BCUT2D eigenvalue weighted by atomic mass is 19.1. The summed E-state index contributed by atoms with van der Waals surface area (Å²) >= 11 is 0. The van der Waals surface area contributed by atoms with Gasteiger partial charge >= 0.3 is 0 Å². The van der Waals surface area contributed by atoms with Crippen LogP contribution in [0.4, 0.5) is 10.1 Å². The van der Waals surface area contributed by atoms with E-state index in [4.69, 9.17) is 9.47 Å². The number of hydrogen-bond acceptors (Lipinski definition) is 3. The Morgan fingerprint density at radius 3 is 2.50 bits per heavy atom. The van der Waals surface area contributed by atoms with Gasteiger partial charge in [0.2, 0.25) is 0 Å². The van der Waals surface area contributed by atoms with Crippen LogP contribution >= 0.6 is 0 Å². The predicted molar refractivity (Wildman–Crippen MR) is 92.2 cm³/mol. The molecule has 2 aromatic rings. The lowest BCUT2D eigenvalue weighted by Crippen LogP contribution is -2.23. The smallest absolute Gasteiger partial charge is 0.262 e. The first-order valence-electron chi connectivity index (χ1n) is 7.67. The minimum absolute atomic E-state index is 0.0934. The SMILES string of the molecule is COc1ccc(OCC(=O)Nc2ccccc2C(C)(C)C)cc1F. The lowest BCUT2D eigenvalue weighted by molar-refractivity contribution is -0.118. The van der Waals surface area contributed by atoms with Gasteiger partial charge in [0.05, 0.1) is 7.11 Å². The van der Waals surface area contributed by atoms with E-state index >= 15 is 0 Å². The molecule has 0 spiro atoms. The second kappa shape index (κ2) is 7.34. The van der Waals surface area contributed by atoms with Gasteiger partial charge < -0.3 is 14.8 Å². The fourth-order valence-electron chi connectivity index (χ4n) is 2.32. The van der Waals surface area contributed by atoms with E-state index in [1.54, 1.807) is 6.07 Å². The number of nitrogens with one attached hydrogen (secondary N) is 1. The number of amides is 1. The predicted octanol–water partition coefficient (Wildman–Crippen LogP) is 4.15. The van der Waals surface area contributed by atoms with Crippen molar-refractivity contribution in [1.29, 1.82) is 0 Å². The zero-order valence-corrected chi connectivity index (χ0v) is 14.4. The largest absolute Gasteiger partial charge is 0.494 e. The van der Waals surface area contributed by atoms with Crippen LogP contribution in [0, 0.1) is 5.82 Å². The number of methoxy groups -OCH3 is 1. The highest BCUT2D eigenvalue weighted by Crippen LogP contribution is 2.29. The highest BCUT2D eigenvalue weighted by molar-refractivity contribution is 5.92. The lowest BCUT2D eigenvalue weighted by Gasteiger charge is -2.23. The molecule has 0 saturated heterocycles. The normalized spacial score (nSPS) is 11.0. The van der Waals surface area contributed by atoms with Gasteiger partial charge in [0, 0.05) is 11.8 Å². The summed E-state index contributed by atoms with van der Waals surface area (Å²) in [6.45, 7) is 6.03. The number of hydrogen-bond donors (Lipinski definition) is 1. The molecular weight excluding hydrogens is 309 g/mol. The Balaban J connectivity index is 2.01. The van der Waals surface area contributed by atoms with Crippen molar-refractivity contribution < 1.29 is 18.7 Å². The van der Waals surface area contributed by atoms with Gasteiger partial charge in [-0.3, -0.25) is 4.79 Å². The van der Waals surface area contributed by atoms with E-state index in [-0.39, 0.29) is 29.4 Å². The molecule has 0 aromatic heterocycles. The number of ether oxygens (including phenoxy) is 2. The molecule has 0 aliphatic heterocycles.